The summed E-state index contributed by atoms with van der Waals surface area (Å²) in [7, 11) is 0. The molecule has 1 nitrogen and oxygen atoms in total. The lowest BCUT2D eigenvalue weighted by Crippen LogP contribution is -2.21. The quantitative estimate of drug-likeness (QED) is 0.711. The highest BCUT2D eigenvalue weighted by Gasteiger charge is 2.27. The zero-order valence-corrected chi connectivity index (χ0v) is 10.6. The number of hydrogen-bond donors (Lipinski definition) is 0. The molecule has 17 heavy (non-hydrogen) atoms. The van der Waals surface area contributed by atoms with Crippen molar-refractivity contribution in [2.45, 2.75) is 32.6 Å². The maximum atomic E-state index is 13.7. The first-order chi connectivity index (χ1) is 8.09. The molecule has 1 aliphatic rings. The third-order valence-corrected chi connectivity index (χ3v) is 3.90. The average Bonchev–Trinajstić information content (AvgIpc) is 2.33. The molecule has 1 aromatic carbocycles. The first-order valence-corrected chi connectivity index (χ1v) is 6.45. The fraction of sp³-hybridized carbons (Fsp3) is 0.500. The van der Waals surface area contributed by atoms with Crippen LogP contribution >= 0.6 is 11.6 Å². The van der Waals surface area contributed by atoms with E-state index in [9.17, 15) is 9.18 Å². The van der Waals surface area contributed by atoms with Crippen molar-refractivity contribution in [3.8, 4) is 0 Å². The van der Waals surface area contributed by atoms with Gasteiger partial charge in [-0.2, -0.15) is 0 Å². The van der Waals surface area contributed by atoms with Crippen LogP contribution < -0.4 is 0 Å². The summed E-state index contributed by atoms with van der Waals surface area (Å²) in [6.07, 6.45) is 3.84. The molecule has 3 heteroatoms. The molecule has 0 aromatic heterocycles. The van der Waals surface area contributed by atoms with Crippen LogP contribution in [0.3, 0.4) is 0 Å². The van der Waals surface area contributed by atoms with Crippen LogP contribution in [0, 0.1) is 17.7 Å². The van der Waals surface area contributed by atoms with Crippen LogP contribution in [0.4, 0.5) is 4.39 Å². The monoisotopic (exact) mass is 254 g/mol. The Labute approximate surface area is 106 Å². The normalized spacial score (nSPS) is 24.6. The fourth-order valence-electron chi connectivity index (χ4n) is 2.44. The van der Waals surface area contributed by atoms with Gasteiger partial charge in [-0.05, 0) is 30.9 Å². The molecule has 0 spiro atoms. The molecular weight excluding hydrogens is 239 g/mol. The van der Waals surface area contributed by atoms with E-state index in [1.165, 1.54) is 12.1 Å². The number of carbonyl (C=O) groups excluding carboxylic acids is 1. The fourth-order valence-corrected chi connectivity index (χ4v) is 2.61. The van der Waals surface area contributed by atoms with Crippen LogP contribution in [0.15, 0.2) is 18.2 Å². The van der Waals surface area contributed by atoms with Crippen molar-refractivity contribution in [2.75, 3.05) is 0 Å². The Balaban J connectivity index is 2.17. The predicted octanol–water partition coefficient (Wildman–Crippen LogP) is 4.49. The van der Waals surface area contributed by atoms with Gasteiger partial charge in [0, 0.05) is 5.92 Å². The van der Waals surface area contributed by atoms with Gasteiger partial charge < -0.3 is 0 Å². The summed E-state index contributed by atoms with van der Waals surface area (Å²) in [6.45, 7) is 2.20. The van der Waals surface area contributed by atoms with Gasteiger partial charge in [0.05, 0.1) is 10.6 Å². The summed E-state index contributed by atoms with van der Waals surface area (Å²) in [6, 6.07) is 4.63. The molecule has 0 radical (unpaired) electrons. The summed E-state index contributed by atoms with van der Waals surface area (Å²) in [5.41, 5.74) is 0.150. The molecule has 1 aromatic rings. The number of halogens is 2. The summed E-state index contributed by atoms with van der Waals surface area (Å²) in [4.78, 5) is 12.2. The molecule has 0 N–H and O–H groups in total. The first kappa shape index (κ1) is 12.6. The number of carbonyl (C=O) groups is 1. The third kappa shape index (κ3) is 2.68. The van der Waals surface area contributed by atoms with E-state index in [-0.39, 0.29) is 22.3 Å². The minimum Gasteiger partial charge on any atom is -0.294 e. The van der Waals surface area contributed by atoms with E-state index in [1.807, 2.05) is 0 Å². The van der Waals surface area contributed by atoms with Gasteiger partial charge >= 0.3 is 0 Å². The maximum Gasteiger partial charge on any atom is 0.168 e. The smallest absolute Gasteiger partial charge is 0.168 e. The SMILES string of the molecule is CC1CCC(C(=O)c2cccc(Cl)c2F)CC1. The minimum absolute atomic E-state index is 0.0278. The summed E-state index contributed by atoms with van der Waals surface area (Å²) in [5, 5.41) is 0.0278. The van der Waals surface area contributed by atoms with Crippen molar-refractivity contribution in [3.63, 3.8) is 0 Å². The van der Waals surface area contributed by atoms with E-state index in [1.54, 1.807) is 6.07 Å². The van der Waals surface area contributed by atoms with Gasteiger partial charge in [-0.25, -0.2) is 4.39 Å². The highest BCUT2D eigenvalue weighted by atomic mass is 35.5. The van der Waals surface area contributed by atoms with Crippen LogP contribution in [0.25, 0.3) is 0 Å². The third-order valence-electron chi connectivity index (χ3n) is 3.60. The number of rotatable bonds is 2. The van der Waals surface area contributed by atoms with E-state index in [0.717, 1.165) is 25.7 Å². The average molecular weight is 255 g/mol. The summed E-state index contributed by atoms with van der Waals surface area (Å²) < 4.78 is 13.7. The van der Waals surface area contributed by atoms with Gasteiger partial charge in [0.25, 0.3) is 0 Å². The van der Waals surface area contributed by atoms with Crippen molar-refractivity contribution in [2.24, 2.45) is 11.8 Å². The lowest BCUT2D eigenvalue weighted by molar-refractivity contribution is 0.0871. The van der Waals surface area contributed by atoms with Crippen LogP contribution in [0.2, 0.25) is 5.02 Å². The Morgan fingerprint density at radius 2 is 1.94 bits per heavy atom. The second kappa shape index (κ2) is 5.18. The van der Waals surface area contributed by atoms with Gasteiger partial charge in [-0.15, -0.1) is 0 Å². The minimum atomic E-state index is -0.571. The maximum absolute atomic E-state index is 13.7. The lowest BCUT2D eigenvalue weighted by Gasteiger charge is -2.25. The van der Waals surface area contributed by atoms with Crippen LogP contribution in [0.1, 0.15) is 43.0 Å². The molecule has 0 bridgehead atoms. The Kier molecular flexibility index (Phi) is 3.82. The standard InChI is InChI=1S/C14H16ClFO/c1-9-5-7-10(8-6-9)14(17)11-3-2-4-12(15)13(11)16/h2-4,9-10H,5-8H2,1H3. The van der Waals surface area contributed by atoms with Crippen molar-refractivity contribution in [1.82, 2.24) is 0 Å². The lowest BCUT2D eigenvalue weighted by atomic mass is 9.79. The number of ketones is 1. The molecule has 2 rings (SSSR count). The Bertz CT molecular complexity index is 422. The van der Waals surface area contributed by atoms with E-state index in [0.29, 0.717) is 5.92 Å². The molecule has 0 atom stereocenters. The second-order valence-electron chi connectivity index (χ2n) is 4.92. The van der Waals surface area contributed by atoms with E-state index in [4.69, 9.17) is 11.6 Å². The molecule has 0 saturated heterocycles. The first-order valence-electron chi connectivity index (χ1n) is 6.08. The zero-order chi connectivity index (χ0) is 12.4. The van der Waals surface area contributed by atoms with E-state index >= 15 is 0 Å². The van der Waals surface area contributed by atoms with Gasteiger partial charge in [0.2, 0.25) is 0 Å². The molecule has 92 valence electrons. The molecule has 1 aliphatic carbocycles. The number of Topliss-reactive ketones (excluding diaryl/α,β-unsaturated/α-hetero) is 1. The van der Waals surface area contributed by atoms with Crippen LogP contribution in [-0.2, 0) is 0 Å². The Hall–Kier alpha value is -0.890. The highest BCUT2D eigenvalue weighted by Crippen LogP contribution is 2.31. The zero-order valence-electron chi connectivity index (χ0n) is 9.88. The molecule has 1 fully saturated rings. The Morgan fingerprint density at radius 3 is 2.59 bits per heavy atom. The van der Waals surface area contributed by atoms with Gasteiger partial charge in [0.15, 0.2) is 11.6 Å². The van der Waals surface area contributed by atoms with Gasteiger partial charge in [0.1, 0.15) is 0 Å². The van der Waals surface area contributed by atoms with Gasteiger partial charge in [-0.3, -0.25) is 4.79 Å². The summed E-state index contributed by atoms with van der Waals surface area (Å²) in [5.74, 6) is -0.00267. The van der Waals surface area contributed by atoms with Crippen molar-refractivity contribution >= 4 is 17.4 Å². The van der Waals surface area contributed by atoms with E-state index < -0.39 is 5.82 Å². The number of hydrogen-bond acceptors (Lipinski definition) is 1. The molecule has 1 saturated carbocycles. The van der Waals surface area contributed by atoms with Crippen LogP contribution in [-0.4, -0.2) is 5.78 Å². The highest BCUT2D eigenvalue weighted by molar-refractivity contribution is 6.31. The molecule has 0 heterocycles. The van der Waals surface area contributed by atoms with Crippen LogP contribution in [0.5, 0.6) is 0 Å². The molecular formula is C14H16ClFO. The molecule has 0 amide bonds. The topological polar surface area (TPSA) is 17.1 Å². The van der Waals surface area contributed by atoms with Crippen molar-refractivity contribution in [1.29, 1.82) is 0 Å². The second-order valence-corrected chi connectivity index (χ2v) is 5.33. The largest absolute Gasteiger partial charge is 0.294 e. The van der Waals surface area contributed by atoms with Crippen molar-refractivity contribution < 1.29 is 9.18 Å². The molecule has 0 unspecified atom stereocenters. The molecule has 0 aliphatic heterocycles. The van der Waals surface area contributed by atoms with Crippen molar-refractivity contribution in [3.05, 3.63) is 34.6 Å². The number of benzene rings is 1. The predicted molar refractivity (Wildman–Crippen MR) is 66.9 cm³/mol. The van der Waals surface area contributed by atoms with E-state index in [2.05, 4.69) is 6.92 Å². The van der Waals surface area contributed by atoms with Gasteiger partial charge in [-0.1, -0.05) is 37.4 Å². The Morgan fingerprint density at radius 1 is 1.29 bits per heavy atom. The summed E-state index contributed by atoms with van der Waals surface area (Å²) >= 11 is 5.69.